The third kappa shape index (κ3) is 6.93. The predicted molar refractivity (Wildman–Crippen MR) is 125 cm³/mol. The normalized spacial score (nSPS) is 18.2. The van der Waals surface area contributed by atoms with Crippen LogP contribution in [0.15, 0.2) is 18.2 Å². The summed E-state index contributed by atoms with van der Waals surface area (Å²) in [6, 6.07) is 5.33. The molecule has 2 amide bonds. The van der Waals surface area contributed by atoms with Crippen molar-refractivity contribution in [2.24, 2.45) is 5.92 Å². The highest BCUT2D eigenvalue weighted by molar-refractivity contribution is 7.90. The molecule has 1 aromatic carbocycles. The molecule has 1 aliphatic heterocycles. The molecule has 10 heteroatoms. The third-order valence-corrected chi connectivity index (χ3v) is 7.23. The van der Waals surface area contributed by atoms with E-state index in [2.05, 4.69) is 10.6 Å². The van der Waals surface area contributed by atoms with Gasteiger partial charge in [-0.15, -0.1) is 0 Å². The lowest BCUT2D eigenvalue weighted by molar-refractivity contribution is -0.147. The molecule has 0 saturated heterocycles. The zero-order valence-electron chi connectivity index (χ0n) is 19.3. The molecule has 1 aliphatic carbocycles. The van der Waals surface area contributed by atoms with Gasteiger partial charge >= 0.3 is 0 Å². The van der Waals surface area contributed by atoms with Gasteiger partial charge in [-0.2, -0.15) is 0 Å². The molecule has 2 N–H and O–H groups in total. The molecule has 0 aromatic heterocycles. The molecule has 0 bridgehead atoms. The minimum Gasteiger partial charge on any atom is -0.497 e. The van der Waals surface area contributed by atoms with E-state index in [0.29, 0.717) is 18.8 Å². The molecule has 33 heavy (non-hydrogen) atoms. The van der Waals surface area contributed by atoms with Crippen LogP contribution < -0.4 is 15.4 Å². The molecule has 0 spiro atoms. The topological polar surface area (TPSA) is 122 Å². The van der Waals surface area contributed by atoms with Crippen LogP contribution in [0.4, 0.5) is 5.69 Å². The van der Waals surface area contributed by atoms with Gasteiger partial charge in [-0.25, -0.2) is 8.42 Å². The first-order valence-electron chi connectivity index (χ1n) is 11.4. The fourth-order valence-electron chi connectivity index (χ4n) is 4.49. The summed E-state index contributed by atoms with van der Waals surface area (Å²) < 4.78 is 27.8. The summed E-state index contributed by atoms with van der Waals surface area (Å²) in [6.45, 7) is 0.365. The number of hydrogen-bond donors (Lipinski definition) is 2. The Kier molecular flexibility index (Phi) is 8.34. The number of rotatable bonds is 10. The Hall–Kier alpha value is -2.62. The van der Waals surface area contributed by atoms with Gasteiger partial charge < -0.3 is 20.3 Å². The van der Waals surface area contributed by atoms with Gasteiger partial charge in [0.1, 0.15) is 15.6 Å². The quantitative estimate of drug-likeness (QED) is 0.486. The summed E-state index contributed by atoms with van der Waals surface area (Å²) in [5, 5.41) is 5.71. The minimum absolute atomic E-state index is 0.0289. The molecular formula is C23H33N3O6S. The number of hydrogen-bond acceptors (Lipinski definition) is 7. The zero-order valence-corrected chi connectivity index (χ0v) is 20.1. The minimum atomic E-state index is -3.21. The smallest absolute Gasteiger partial charge is 0.291 e. The van der Waals surface area contributed by atoms with Crippen molar-refractivity contribution in [1.29, 1.82) is 0 Å². The van der Waals surface area contributed by atoms with E-state index < -0.39 is 33.4 Å². The Morgan fingerprint density at radius 1 is 1.18 bits per heavy atom. The van der Waals surface area contributed by atoms with E-state index in [1.807, 2.05) is 0 Å². The van der Waals surface area contributed by atoms with Crippen LogP contribution in [0.2, 0.25) is 0 Å². The lowest BCUT2D eigenvalue weighted by Crippen LogP contribution is -2.47. The van der Waals surface area contributed by atoms with Crippen LogP contribution >= 0.6 is 0 Å². The SMILES string of the molecule is COc1ccc2c(c1)NCC2C(=O)C(=O)N(CC(=O)NCCS(C)(=O)=O)CC1CCCCC1. The molecule has 1 aromatic rings. The maximum Gasteiger partial charge on any atom is 0.291 e. The number of sulfone groups is 1. The number of ether oxygens (including phenoxy) is 1. The summed E-state index contributed by atoms with van der Waals surface area (Å²) in [7, 11) is -1.65. The highest BCUT2D eigenvalue weighted by atomic mass is 32.2. The Morgan fingerprint density at radius 3 is 2.58 bits per heavy atom. The molecule has 1 unspecified atom stereocenters. The third-order valence-electron chi connectivity index (χ3n) is 6.28. The summed E-state index contributed by atoms with van der Waals surface area (Å²) in [4.78, 5) is 40.3. The van der Waals surface area contributed by atoms with E-state index in [9.17, 15) is 22.8 Å². The van der Waals surface area contributed by atoms with Gasteiger partial charge in [-0.1, -0.05) is 25.3 Å². The first-order chi connectivity index (χ1) is 15.7. The Balaban J connectivity index is 1.70. The van der Waals surface area contributed by atoms with E-state index in [1.165, 1.54) is 4.90 Å². The molecule has 1 heterocycles. The maximum absolute atomic E-state index is 13.3. The van der Waals surface area contributed by atoms with Crippen LogP contribution in [0.25, 0.3) is 0 Å². The lowest BCUT2D eigenvalue weighted by atomic mass is 9.88. The summed E-state index contributed by atoms with van der Waals surface area (Å²) >= 11 is 0. The highest BCUT2D eigenvalue weighted by Crippen LogP contribution is 2.35. The second-order valence-electron chi connectivity index (χ2n) is 8.92. The first-order valence-corrected chi connectivity index (χ1v) is 13.4. The number of benzene rings is 1. The van der Waals surface area contributed by atoms with Gasteiger partial charge in [0.25, 0.3) is 5.91 Å². The van der Waals surface area contributed by atoms with Gasteiger partial charge in [0.2, 0.25) is 11.7 Å². The average Bonchev–Trinajstić information content (AvgIpc) is 3.20. The number of nitrogens with one attached hydrogen (secondary N) is 2. The van der Waals surface area contributed by atoms with Crippen LogP contribution in [0.3, 0.4) is 0 Å². The average molecular weight is 480 g/mol. The van der Waals surface area contributed by atoms with Crippen molar-refractivity contribution in [3.63, 3.8) is 0 Å². The van der Waals surface area contributed by atoms with Crippen LogP contribution in [0.1, 0.15) is 43.6 Å². The molecule has 1 saturated carbocycles. The van der Waals surface area contributed by atoms with Crippen molar-refractivity contribution in [3.05, 3.63) is 23.8 Å². The summed E-state index contributed by atoms with van der Waals surface area (Å²) in [6.07, 6.45) is 6.32. The van der Waals surface area contributed by atoms with Crippen molar-refractivity contribution in [1.82, 2.24) is 10.2 Å². The molecule has 0 radical (unpaired) electrons. The van der Waals surface area contributed by atoms with Gasteiger partial charge in [-0.05, 0) is 30.4 Å². The molecular weight excluding hydrogens is 446 g/mol. The number of nitrogens with zero attached hydrogens (tertiary/aromatic N) is 1. The van der Waals surface area contributed by atoms with Crippen molar-refractivity contribution >= 4 is 33.1 Å². The van der Waals surface area contributed by atoms with Gasteiger partial charge in [-0.3, -0.25) is 14.4 Å². The van der Waals surface area contributed by atoms with Crippen LogP contribution in [0, 0.1) is 5.92 Å². The fraction of sp³-hybridized carbons (Fsp3) is 0.609. The van der Waals surface area contributed by atoms with Crippen molar-refractivity contribution < 1.29 is 27.5 Å². The molecule has 182 valence electrons. The van der Waals surface area contributed by atoms with Gasteiger partial charge in [0.15, 0.2) is 0 Å². The summed E-state index contributed by atoms with van der Waals surface area (Å²) in [5.74, 6) is -1.59. The number of carbonyl (C=O) groups excluding carboxylic acids is 3. The standard InChI is InChI=1S/C23H33N3O6S/c1-32-17-8-9-18-19(13-25-20(18)12-17)22(28)23(29)26(14-16-6-4-3-5-7-16)15-21(27)24-10-11-33(2,30)31/h8-9,12,16,19,25H,3-7,10-11,13-15H2,1-2H3,(H,24,27). The number of fused-ring (bicyclic) bond motifs is 1. The zero-order chi connectivity index (χ0) is 24.0. The van der Waals surface area contributed by atoms with E-state index in [1.54, 1.807) is 25.3 Å². The van der Waals surface area contributed by atoms with Gasteiger partial charge in [0.05, 0.1) is 25.3 Å². The lowest BCUT2D eigenvalue weighted by Gasteiger charge is -2.29. The first kappa shape index (κ1) is 25.0. The van der Waals surface area contributed by atoms with Gasteiger partial charge in [0, 0.05) is 37.6 Å². The highest BCUT2D eigenvalue weighted by Gasteiger charge is 2.36. The number of ketones is 1. The van der Waals surface area contributed by atoms with E-state index in [4.69, 9.17) is 4.74 Å². The number of amides is 2. The second kappa shape index (κ2) is 11.0. The fourth-order valence-corrected chi connectivity index (χ4v) is 4.96. The van der Waals surface area contributed by atoms with E-state index in [0.717, 1.165) is 49.6 Å². The number of Topliss-reactive ketones (excluding diaryl/α,β-unsaturated/α-hetero) is 1. The molecule has 2 aliphatic rings. The predicted octanol–water partition coefficient (Wildman–Crippen LogP) is 1.34. The van der Waals surface area contributed by atoms with Crippen molar-refractivity contribution in [3.8, 4) is 5.75 Å². The Morgan fingerprint density at radius 2 is 1.91 bits per heavy atom. The summed E-state index contributed by atoms with van der Waals surface area (Å²) in [5.41, 5.74) is 1.50. The number of methoxy groups -OCH3 is 1. The maximum atomic E-state index is 13.3. The van der Waals surface area contributed by atoms with Crippen molar-refractivity contribution in [2.45, 2.75) is 38.0 Å². The van der Waals surface area contributed by atoms with Crippen LogP contribution in [0.5, 0.6) is 5.75 Å². The van der Waals surface area contributed by atoms with Crippen molar-refractivity contribution in [2.75, 3.05) is 50.6 Å². The van der Waals surface area contributed by atoms with Crippen LogP contribution in [-0.2, 0) is 24.2 Å². The van der Waals surface area contributed by atoms with E-state index in [-0.39, 0.29) is 24.8 Å². The molecule has 9 nitrogen and oxygen atoms in total. The monoisotopic (exact) mass is 479 g/mol. The molecule has 1 fully saturated rings. The number of anilines is 1. The molecule has 3 rings (SSSR count). The van der Waals surface area contributed by atoms with E-state index >= 15 is 0 Å². The second-order valence-corrected chi connectivity index (χ2v) is 11.2. The Bertz CT molecular complexity index is 988. The largest absolute Gasteiger partial charge is 0.497 e. The Labute approximate surface area is 195 Å². The molecule has 1 atom stereocenters. The van der Waals surface area contributed by atoms with Crippen LogP contribution in [-0.4, -0.2) is 76.2 Å². The number of carbonyl (C=O) groups is 3.